The second-order valence-electron chi connectivity index (χ2n) is 4.50. The first kappa shape index (κ1) is 13.7. The molecule has 1 aliphatic rings. The molecule has 0 aliphatic carbocycles. The van der Waals surface area contributed by atoms with Gasteiger partial charge in [-0.05, 0) is 6.07 Å². The lowest BCUT2D eigenvalue weighted by atomic mass is 10.1. The fourth-order valence-electron chi connectivity index (χ4n) is 2.16. The molecule has 0 spiro atoms. The lowest BCUT2D eigenvalue weighted by Crippen LogP contribution is -2.32. The van der Waals surface area contributed by atoms with Gasteiger partial charge < -0.3 is 14.8 Å². The molecule has 0 fully saturated rings. The summed E-state index contributed by atoms with van der Waals surface area (Å²) in [5, 5.41) is 7.00. The summed E-state index contributed by atoms with van der Waals surface area (Å²) in [6.45, 7) is 0.484. The highest BCUT2D eigenvalue weighted by atomic mass is 32.1. The number of rotatable bonds is 3. The van der Waals surface area contributed by atoms with Crippen LogP contribution in [0.2, 0.25) is 0 Å². The monoisotopic (exact) mass is 307 g/mol. The first-order valence-electron chi connectivity index (χ1n) is 6.31. The van der Waals surface area contributed by atoms with Gasteiger partial charge in [-0.15, -0.1) is 0 Å². The minimum absolute atomic E-state index is 0.117. The largest absolute Gasteiger partial charge is 0.454 e. The lowest BCUT2D eigenvalue weighted by molar-refractivity contribution is 0.0948. The Kier molecular flexibility index (Phi) is 3.46. The molecule has 1 aliphatic heterocycles. The zero-order valence-electron chi connectivity index (χ0n) is 11.3. The van der Waals surface area contributed by atoms with E-state index in [1.54, 1.807) is 19.2 Å². The van der Waals surface area contributed by atoms with Gasteiger partial charge in [0, 0.05) is 25.4 Å². The van der Waals surface area contributed by atoms with Crippen molar-refractivity contribution in [3.63, 3.8) is 0 Å². The van der Waals surface area contributed by atoms with Crippen molar-refractivity contribution in [3.05, 3.63) is 28.0 Å². The highest BCUT2D eigenvalue weighted by Gasteiger charge is 2.20. The number of aromatic nitrogens is 2. The van der Waals surface area contributed by atoms with Crippen molar-refractivity contribution >= 4 is 29.4 Å². The first-order valence-corrected chi connectivity index (χ1v) is 6.95. The van der Waals surface area contributed by atoms with E-state index in [1.165, 1.54) is 4.68 Å². The topological polar surface area (TPSA) is 82.5 Å². The minimum atomic E-state index is -0.510. The molecular formula is C13H13N3O4S. The van der Waals surface area contributed by atoms with Gasteiger partial charge in [-0.1, -0.05) is 0 Å². The summed E-state index contributed by atoms with van der Waals surface area (Å²) in [6, 6.07) is 3.26. The molecule has 0 unspecified atom stereocenters. The number of nitrogens with one attached hydrogen (secondary N) is 1. The van der Waals surface area contributed by atoms with E-state index in [0.29, 0.717) is 34.7 Å². The summed E-state index contributed by atoms with van der Waals surface area (Å²) in [5.74, 6) is 1.03. The van der Waals surface area contributed by atoms with Crippen molar-refractivity contribution in [1.82, 2.24) is 15.1 Å². The molecule has 2 heterocycles. The third-order valence-corrected chi connectivity index (χ3v) is 3.39. The molecule has 8 heteroatoms. The van der Waals surface area contributed by atoms with Gasteiger partial charge in [0.1, 0.15) is 0 Å². The Morgan fingerprint density at radius 2 is 2.14 bits per heavy atom. The number of fused-ring (bicyclic) bond motifs is 2. The predicted molar refractivity (Wildman–Crippen MR) is 79.3 cm³/mol. The molecule has 3 rings (SSSR count). The van der Waals surface area contributed by atoms with Crippen LogP contribution in [0.5, 0.6) is 11.5 Å². The second-order valence-corrected chi connectivity index (χ2v) is 4.95. The first-order chi connectivity index (χ1) is 10.1. The third-order valence-electron chi connectivity index (χ3n) is 3.16. The molecule has 2 aromatic rings. The number of amides is 1. The molecule has 21 heavy (non-hydrogen) atoms. The normalized spacial score (nSPS) is 12.7. The lowest BCUT2D eigenvalue weighted by Gasteiger charge is -2.08. The van der Waals surface area contributed by atoms with Crippen LogP contribution in [0.4, 0.5) is 0 Å². The summed E-state index contributed by atoms with van der Waals surface area (Å²) in [6.07, 6.45) is 0. The Labute approximate surface area is 125 Å². The van der Waals surface area contributed by atoms with E-state index in [9.17, 15) is 9.59 Å². The molecule has 1 amide bonds. The SMILES string of the molecule is Cn1nc(C(=O)NCCS)c(=O)c2cc3c(cc21)OCO3. The van der Waals surface area contributed by atoms with Gasteiger partial charge in [-0.25, -0.2) is 0 Å². The Balaban J connectivity index is 2.17. The molecule has 0 atom stereocenters. The summed E-state index contributed by atoms with van der Waals surface area (Å²) in [4.78, 5) is 24.4. The Hall–Kier alpha value is -2.22. The van der Waals surface area contributed by atoms with Gasteiger partial charge in [0.15, 0.2) is 17.2 Å². The van der Waals surface area contributed by atoms with Gasteiger partial charge in [0.2, 0.25) is 12.2 Å². The van der Waals surface area contributed by atoms with Gasteiger partial charge >= 0.3 is 0 Å². The van der Waals surface area contributed by atoms with Gasteiger partial charge in [-0.3, -0.25) is 14.3 Å². The number of ether oxygens (including phenoxy) is 2. The third kappa shape index (κ3) is 2.31. The van der Waals surface area contributed by atoms with E-state index in [0.717, 1.165) is 0 Å². The highest BCUT2D eigenvalue weighted by Crippen LogP contribution is 2.34. The van der Waals surface area contributed by atoms with Crippen LogP contribution in [0, 0.1) is 0 Å². The van der Waals surface area contributed by atoms with E-state index in [-0.39, 0.29) is 12.5 Å². The zero-order chi connectivity index (χ0) is 15.0. The fourth-order valence-corrected chi connectivity index (χ4v) is 2.27. The van der Waals surface area contributed by atoms with Crippen molar-refractivity contribution in [2.24, 2.45) is 7.05 Å². The molecule has 0 saturated heterocycles. The van der Waals surface area contributed by atoms with Gasteiger partial charge in [0.05, 0.1) is 10.9 Å². The molecule has 1 N–H and O–H groups in total. The van der Waals surface area contributed by atoms with E-state index >= 15 is 0 Å². The Bertz CT molecular complexity index is 787. The molecular weight excluding hydrogens is 294 g/mol. The van der Waals surface area contributed by atoms with Crippen LogP contribution in [-0.4, -0.2) is 34.8 Å². The summed E-state index contributed by atoms with van der Waals surface area (Å²) in [7, 11) is 1.67. The maximum absolute atomic E-state index is 12.4. The minimum Gasteiger partial charge on any atom is -0.454 e. The molecule has 0 bridgehead atoms. The number of hydrogen-bond acceptors (Lipinski definition) is 6. The Morgan fingerprint density at radius 3 is 2.86 bits per heavy atom. The molecule has 110 valence electrons. The van der Waals surface area contributed by atoms with Crippen molar-refractivity contribution in [2.75, 3.05) is 19.1 Å². The number of aryl methyl sites for hydroxylation is 1. The molecule has 1 aromatic heterocycles. The van der Waals surface area contributed by atoms with Crippen LogP contribution in [0.25, 0.3) is 10.9 Å². The zero-order valence-corrected chi connectivity index (χ0v) is 12.1. The van der Waals surface area contributed by atoms with Gasteiger partial charge in [-0.2, -0.15) is 17.7 Å². The molecule has 7 nitrogen and oxygen atoms in total. The standard InChI is InChI=1S/C13H13N3O4S/c1-16-8-5-10-9(19-6-20-10)4-7(8)12(17)11(15-16)13(18)14-2-3-21/h4-5,21H,2-3,6H2,1H3,(H,14,18). The molecule has 1 aromatic carbocycles. The van der Waals surface area contributed by atoms with Crippen LogP contribution in [0.1, 0.15) is 10.5 Å². The molecule has 0 radical (unpaired) electrons. The summed E-state index contributed by atoms with van der Waals surface area (Å²) < 4.78 is 12.0. The average Bonchev–Trinajstić information content (AvgIpc) is 2.94. The fraction of sp³-hybridized carbons (Fsp3) is 0.308. The number of carbonyl (C=O) groups excluding carboxylic acids is 1. The number of thiol groups is 1. The van der Waals surface area contributed by atoms with Crippen molar-refractivity contribution in [3.8, 4) is 11.5 Å². The number of carbonyl (C=O) groups is 1. The van der Waals surface area contributed by atoms with Crippen LogP contribution >= 0.6 is 12.6 Å². The number of nitrogens with zero attached hydrogens (tertiary/aromatic N) is 2. The van der Waals surface area contributed by atoms with Crippen molar-refractivity contribution in [1.29, 1.82) is 0 Å². The quantitative estimate of drug-likeness (QED) is 0.798. The van der Waals surface area contributed by atoms with Gasteiger partial charge in [0.25, 0.3) is 5.91 Å². The van der Waals surface area contributed by atoms with Crippen LogP contribution < -0.4 is 20.2 Å². The van der Waals surface area contributed by atoms with E-state index in [4.69, 9.17) is 9.47 Å². The van der Waals surface area contributed by atoms with E-state index in [2.05, 4.69) is 23.0 Å². The summed E-state index contributed by atoms with van der Waals surface area (Å²) in [5.41, 5.74) is -0.00120. The second kappa shape index (κ2) is 5.28. The average molecular weight is 307 g/mol. The van der Waals surface area contributed by atoms with Crippen molar-refractivity contribution in [2.45, 2.75) is 0 Å². The summed E-state index contributed by atoms with van der Waals surface area (Å²) >= 11 is 4.01. The maximum atomic E-state index is 12.4. The predicted octanol–water partition coefficient (Wildman–Crippen LogP) is 0.322. The number of benzene rings is 1. The van der Waals surface area contributed by atoms with Crippen molar-refractivity contribution < 1.29 is 14.3 Å². The van der Waals surface area contributed by atoms with Crippen LogP contribution in [0.3, 0.4) is 0 Å². The van der Waals surface area contributed by atoms with E-state index in [1.807, 2.05) is 0 Å². The number of hydrogen-bond donors (Lipinski definition) is 2. The Morgan fingerprint density at radius 1 is 1.43 bits per heavy atom. The smallest absolute Gasteiger partial charge is 0.275 e. The van der Waals surface area contributed by atoms with E-state index < -0.39 is 11.3 Å². The van der Waals surface area contributed by atoms with Crippen LogP contribution in [-0.2, 0) is 7.05 Å². The highest BCUT2D eigenvalue weighted by molar-refractivity contribution is 7.80. The maximum Gasteiger partial charge on any atom is 0.275 e. The van der Waals surface area contributed by atoms with Crippen LogP contribution in [0.15, 0.2) is 16.9 Å². The molecule has 0 saturated carbocycles.